The highest BCUT2D eigenvalue weighted by molar-refractivity contribution is 7.80. The molecule has 0 saturated heterocycles. The van der Waals surface area contributed by atoms with E-state index in [0.717, 1.165) is 11.9 Å². The van der Waals surface area contributed by atoms with Crippen molar-refractivity contribution in [3.05, 3.63) is 0 Å². The number of carbonyl (C=O) groups excluding carboxylic acids is 3. The van der Waals surface area contributed by atoms with E-state index >= 15 is 0 Å². The summed E-state index contributed by atoms with van der Waals surface area (Å²) in [5.74, 6) is -3.32. The maximum Gasteiger partial charge on any atom is 0.328 e. The Morgan fingerprint density at radius 3 is 2.19 bits per heavy atom. The van der Waals surface area contributed by atoms with Crippen molar-refractivity contribution in [1.29, 1.82) is 0 Å². The zero-order valence-corrected chi connectivity index (χ0v) is 15.5. The van der Waals surface area contributed by atoms with Crippen LogP contribution in [0.1, 0.15) is 13.3 Å². The molecule has 0 spiro atoms. The molecule has 0 saturated carbocycles. The summed E-state index contributed by atoms with van der Waals surface area (Å²) in [5, 5.41) is 32.3. The van der Waals surface area contributed by atoms with Gasteiger partial charge in [0.05, 0.1) is 25.2 Å². The SMILES string of the molecule is CC(O)[C@H](NC(=O)N[C@@H](CC(N)=O)C(=O)NN(C)C(=S)[C@@H](N)CO)C(=O)O. The summed E-state index contributed by atoms with van der Waals surface area (Å²) in [5.41, 5.74) is 12.8. The molecule has 0 aromatic carbocycles. The molecule has 1 unspecified atom stereocenters. The fourth-order valence-electron chi connectivity index (χ4n) is 1.77. The van der Waals surface area contributed by atoms with Crippen LogP contribution in [0.25, 0.3) is 0 Å². The second-order valence-corrected chi connectivity index (χ2v) is 5.98. The Morgan fingerprint density at radius 2 is 1.78 bits per heavy atom. The Balaban J connectivity index is 5.08. The molecule has 0 aromatic rings. The molecule has 0 aromatic heterocycles. The minimum Gasteiger partial charge on any atom is -0.480 e. The first kappa shape index (κ1) is 24.5. The number of likely N-dealkylation sites (N-methyl/N-ethyl adjacent to an activating group) is 1. The minimum absolute atomic E-state index is 0.0202. The molecule has 0 fully saturated rings. The number of aliphatic carboxylic acids is 1. The lowest BCUT2D eigenvalue weighted by atomic mass is 10.1. The standard InChI is InChI=1S/C13H24N6O7S/c1-5(21)9(12(24)25)17-13(26)16-7(3-8(15)22)10(23)18-19(2)11(27)6(14)4-20/h5-7,9,20-21H,3-4,14H2,1-2H3,(H2,15,22)(H,18,23)(H,24,25)(H2,16,17,26)/t5?,6-,7-,9-/m0/s1. The summed E-state index contributed by atoms with van der Waals surface area (Å²) in [7, 11) is 1.32. The van der Waals surface area contributed by atoms with Crippen molar-refractivity contribution < 1.29 is 34.5 Å². The van der Waals surface area contributed by atoms with E-state index in [1.165, 1.54) is 7.05 Å². The number of nitrogens with one attached hydrogen (secondary N) is 3. The molecule has 0 aliphatic heterocycles. The van der Waals surface area contributed by atoms with Crippen molar-refractivity contribution in [2.45, 2.75) is 37.6 Å². The zero-order valence-electron chi connectivity index (χ0n) is 14.7. The first-order chi connectivity index (χ1) is 12.4. The Bertz CT molecular complexity index is 588. The van der Waals surface area contributed by atoms with Crippen LogP contribution in [0.4, 0.5) is 4.79 Å². The van der Waals surface area contributed by atoms with Crippen LogP contribution in [0.5, 0.6) is 0 Å². The quantitative estimate of drug-likeness (QED) is 0.136. The number of primary amides is 1. The van der Waals surface area contributed by atoms with E-state index < -0.39 is 61.1 Å². The average molecular weight is 408 g/mol. The number of nitrogens with zero attached hydrogens (tertiary/aromatic N) is 1. The molecule has 0 heterocycles. The summed E-state index contributed by atoms with van der Waals surface area (Å²) in [6.45, 7) is 0.674. The Hall–Kier alpha value is -2.55. The van der Waals surface area contributed by atoms with Crippen molar-refractivity contribution >= 4 is 41.0 Å². The van der Waals surface area contributed by atoms with Gasteiger partial charge in [0.2, 0.25) is 5.91 Å². The molecule has 0 rings (SSSR count). The Kier molecular flexibility index (Phi) is 10.2. The van der Waals surface area contributed by atoms with Crippen molar-refractivity contribution in [2.24, 2.45) is 11.5 Å². The number of thiocarbonyl (C=S) groups is 1. The van der Waals surface area contributed by atoms with Gasteiger partial charge in [-0.25, -0.2) is 9.59 Å². The van der Waals surface area contributed by atoms with E-state index in [1.807, 2.05) is 5.32 Å². The predicted molar refractivity (Wildman–Crippen MR) is 95.9 cm³/mol. The number of hydrogen-bond acceptors (Lipinski definition) is 8. The predicted octanol–water partition coefficient (Wildman–Crippen LogP) is -4.03. The highest BCUT2D eigenvalue weighted by atomic mass is 32.1. The number of amides is 4. The molecule has 0 radical (unpaired) electrons. The van der Waals surface area contributed by atoms with E-state index in [2.05, 4.69) is 10.7 Å². The largest absolute Gasteiger partial charge is 0.480 e. The monoisotopic (exact) mass is 408 g/mol. The lowest BCUT2D eigenvalue weighted by molar-refractivity contribution is -0.141. The Labute approximate surface area is 160 Å². The number of nitrogens with two attached hydrogens (primary N) is 2. The van der Waals surface area contributed by atoms with Gasteiger partial charge in [-0.15, -0.1) is 0 Å². The van der Waals surface area contributed by atoms with Gasteiger partial charge >= 0.3 is 12.0 Å². The zero-order chi connectivity index (χ0) is 21.3. The van der Waals surface area contributed by atoms with Crippen LogP contribution < -0.4 is 27.5 Å². The maximum absolute atomic E-state index is 12.3. The third-order valence-electron chi connectivity index (χ3n) is 3.18. The number of carboxylic acids is 1. The summed E-state index contributed by atoms with van der Waals surface area (Å²) in [4.78, 5) is 46.3. The summed E-state index contributed by atoms with van der Waals surface area (Å²) in [6.07, 6.45) is -2.02. The summed E-state index contributed by atoms with van der Waals surface area (Å²) >= 11 is 4.94. The maximum atomic E-state index is 12.3. The van der Waals surface area contributed by atoms with Crippen molar-refractivity contribution in [3.63, 3.8) is 0 Å². The Morgan fingerprint density at radius 1 is 1.22 bits per heavy atom. The molecular formula is C13H24N6O7S. The smallest absolute Gasteiger partial charge is 0.328 e. The van der Waals surface area contributed by atoms with Crippen molar-refractivity contribution in [2.75, 3.05) is 13.7 Å². The van der Waals surface area contributed by atoms with Crippen LogP contribution in [0.2, 0.25) is 0 Å². The molecule has 0 bridgehead atoms. The molecule has 0 aliphatic carbocycles. The molecule has 4 amide bonds. The number of aliphatic hydroxyl groups excluding tert-OH is 2. The van der Waals surface area contributed by atoms with E-state index in [1.54, 1.807) is 0 Å². The molecule has 4 atom stereocenters. The lowest BCUT2D eigenvalue weighted by Crippen LogP contribution is -2.59. The molecule has 154 valence electrons. The van der Waals surface area contributed by atoms with Crippen LogP contribution in [-0.4, -0.2) is 87.0 Å². The van der Waals surface area contributed by atoms with Gasteiger partial charge in [0.25, 0.3) is 5.91 Å². The molecule has 27 heavy (non-hydrogen) atoms. The first-order valence-electron chi connectivity index (χ1n) is 7.61. The number of urea groups is 1. The van der Waals surface area contributed by atoms with Crippen molar-refractivity contribution in [1.82, 2.24) is 21.1 Å². The summed E-state index contributed by atoms with van der Waals surface area (Å²) in [6, 6.07) is -5.16. The lowest BCUT2D eigenvalue weighted by Gasteiger charge is -2.27. The number of carboxylic acid groups (broad SMARTS) is 1. The topological polar surface area (TPSA) is 220 Å². The third-order valence-corrected chi connectivity index (χ3v) is 3.76. The van der Waals surface area contributed by atoms with Gasteiger partial charge in [-0.1, -0.05) is 12.2 Å². The van der Waals surface area contributed by atoms with Crippen LogP contribution in [-0.2, 0) is 14.4 Å². The van der Waals surface area contributed by atoms with Crippen LogP contribution in [0.15, 0.2) is 0 Å². The van der Waals surface area contributed by atoms with E-state index in [0.29, 0.717) is 0 Å². The van der Waals surface area contributed by atoms with Gasteiger partial charge in [0.1, 0.15) is 11.0 Å². The van der Waals surface area contributed by atoms with Gasteiger partial charge in [-0.05, 0) is 6.92 Å². The number of rotatable bonds is 9. The molecule has 0 aliphatic rings. The van der Waals surface area contributed by atoms with Crippen LogP contribution in [0, 0.1) is 0 Å². The normalized spacial score (nSPS) is 14.9. The van der Waals surface area contributed by atoms with Gasteiger partial charge in [0, 0.05) is 7.05 Å². The fraction of sp³-hybridized carbons (Fsp3) is 0.615. The third kappa shape index (κ3) is 8.59. The van der Waals surface area contributed by atoms with E-state index in [-0.39, 0.29) is 4.99 Å². The molecular weight excluding hydrogens is 384 g/mol. The summed E-state index contributed by atoms with van der Waals surface area (Å²) < 4.78 is 0. The van der Waals surface area contributed by atoms with E-state index in [4.69, 9.17) is 33.9 Å². The average Bonchev–Trinajstić information content (AvgIpc) is 2.56. The van der Waals surface area contributed by atoms with Crippen LogP contribution >= 0.6 is 12.2 Å². The fourth-order valence-corrected chi connectivity index (χ4v) is 1.89. The van der Waals surface area contributed by atoms with Gasteiger partial charge < -0.3 is 37.4 Å². The van der Waals surface area contributed by atoms with Crippen LogP contribution in [0.3, 0.4) is 0 Å². The van der Waals surface area contributed by atoms with Gasteiger partial charge in [-0.2, -0.15) is 0 Å². The second kappa shape index (κ2) is 11.2. The second-order valence-electron chi connectivity index (χ2n) is 5.56. The first-order valence-corrected chi connectivity index (χ1v) is 8.02. The minimum atomic E-state index is -1.64. The van der Waals surface area contributed by atoms with Crippen molar-refractivity contribution in [3.8, 4) is 0 Å². The molecule has 13 nitrogen and oxygen atoms in total. The van der Waals surface area contributed by atoms with Gasteiger partial charge in [-0.3, -0.25) is 20.0 Å². The molecule has 14 heteroatoms. The number of carbonyl (C=O) groups is 4. The number of aliphatic hydroxyl groups is 2. The van der Waals surface area contributed by atoms with E-state index in [9.17, 15) is 24.3 Å². The highest BCUT2D eigenvalue weighted by Crippen LogP contribution is 1.98. The number of hydrogen-bond donors (Lipinski definition) is 8. The number of hydrazine groups is 1. The van der Waals surface area contributed by atoms with Gasteiger partial charge in [0.15, 0.2) is 6.04 Å². The molecule has 10 N–H and O–H groups in total. The highest BCUT2D eigenvalue weighted by Gasteiger charge is 2.29.